The number of rotatable bonds is 6. The number of nitrogens with one attached hydrogen (secondary N) is 2. The second-order valence-electron chi connectivity index (χ2n) is 8.11. The van der Waals surface area contributed by atoms with Crippen molar-refractivity contribution < 1.29 is 27.5 Å². The van der Waals surface area contributed by atoms with E-state index >= 15 is 0 Å². The Labute approximate surface area is 193 Å². The maximum Gasteiger partial charge on any atom is 0.243 e. The van der Waals surface area contributed by atoms with Crippen LogP contribution in [0.2, 0.25) is 0 Å². The van der Waals surface area contributed by atoms with E-state index in [2.05, 4.69) is 10.6 Å². The summed E-state index contributed by atoms with van der Waals surface area (Å²) >= 11 is 0. The number of amides is 2. The fraction of sp³-hybridized carbons (Fsp3) is 0.391. The molecule has 9 nitrogen and oxygen atoms in total. The number of carbonyl (C=O) groups excluding carboxylic acids is 2. The average molecular weight is 474 g/mol. The van der Waals surface area contributed by atoms with Crippen molar-refractivity contribution in [2.24, 2.45) is 0 Å². The van der Waals surface area contributed by atoms with Crippen molar-refractivity contribution in [1.29, 1.82) is 0 Å². The van der Waals surface area contributed by atoms with Crippen LogP contribution in [-0.4, -0.2) is 56.9 Å². The second-order valence-corrected chi connectivity index (χ2v) is 10.0. The number of hydrogen-bond acceptors (Lipinski definition) is 6. The number of carbonyl (C=O) groups is 2. The molecule has 1 fully saturated rings. The summed E-state index contributed by atoms with van der Waals surface area (Å²) in [5.41, 5.74) is 2.55. The van der Waals surface area contributed by atoms with Gasteiger partial charge < -0.3 is 20.1 Å². The molecule has 1 atom stereocenters. The minimum atomic E-state index is -3.93. The van der Waals surface area contributed by atoms with Crippen molar-refractivity contribution in [1.82, 2.24) is 9.62 Å². The highest BCUT2D eigenvalue weighted by molar-refractivity contribution is 7.89. The predicted molar refractivity (Wildman–Crippen MR) is 122 cm³/mol. The molecule has 2 aliphatic rings. The van der Waals surface area contributed by atoms with Crippen LogP contribution in [0.1, 0.15) is 24.0 Å². The first-order valence-corrected chi connectivity index (χ1v) is 12.3. The quantitative estimate of drug-likeness (QED) is 0.663. The number of hydrogen-bond donors (Lipinski definition) is 2. The molecule has 0 saturated carbocycles. The number of anilines is 1. The lowest BCUT2D eigenvalue weighted by atomic mass is 10.1. The lowest BCUT2D eigenvalue weighted by Crippen LogP contribution is -2.47. The average Bonchev–Trinajstić information content (AvgIpc) is 3.31. The Balaban J connectivity index is 1.42. The molecule has 33 heavy (non-hydrogen) atoms. The first-order chi connectivity index (χ1) is 15.8. The normalized spacial score (nSPS) is 18.1. The van der Waals surface area contributed by atoms with Crippen LogP contribution in [0.5, 0.6) is 11.5 Å². The van der Waals surface area contributed by atoms with Gasteiger partial charge in [0.25, 0.3) is 0 Å². The maximum atomic E-state index is 13.3. The number of sulfonamides is 1. The van der Waals surface area contributed by atoms with E-state index in [4.69, 9.17) is 9.47 Å². The van der Waals surface area contributed by atoms with E-state index in [1.54, 1.807) is 6.07 Å². The topological polar surface area (TPSA) is 114 Å². The lowest BCUT2D eigenvalue weighted by Gasteiger charge is -2.24. The second kappa shape index (κ2) is 9.40. The van der Waals surface area contributed by atoms with Gasteiger partial charge in [0.15, 0.2) is 11.5 Å². The zero-order valence-electron chi connectivity index (χ0n) is 18.6. The number of ether oxygens (including phenoxy) is 2. The monoisotopic (exact) mass is 473 g/mol. The molecule has 0 aromatic heterocycles. The Morgan fingerprint density at radius 1 is 1.06 bits per heavy atom. The standard InChI is InChI=1S/C23H27N3O6S/c1-15-5-3-6-16(2)22(15)25-21(27)14-24-23(28)18-7-4-10-26(18)33(29,30)17-8-9-19-20(13-17)32-12-11-31-19/h3,5-6,8-9,13,18H,4,7,10-12,14H2,1-2H3,(H,24,28)(H,25,27). The molecule has 0 spiro atoms. The van der Waals surface area contributed by atoms with E-state index in [1.165, 1.54) is 16.4 Å². The van der Waals surface area contributed by atoms with Crippen molar-refractivity contribution >= 4 is 27.5 Å². The minimum Gasteiger partial charge on any atom is -0.486 e. The van der Waals surface area contributed by atoms with Crippen LogP contribution in [0.25, 0.3) is 0 Å². The molecule has 2 aliphatic heterocycles. The van der Waals surface area contributed by atoms with Gasteiger partial charge in [0.1, 0.15) is 19.3 Å². The Kier molecular flexibility index (Phi) is 6.57. The molecule has 2 aromatic carbocycles. The minimum absolute atomic E-state index is 0.0409. The SMILES string of the molecule is Cc1cccc(C)c1NC(=O)CNC(=O)C1CCCN1S(=O)(=O)c1ccc2c(c1)OCCO2. The summed E-state index contributed by atoms with van der Waals surface area (Å²) in [5, 5.41) is 5.39. The summed E-state index contributed by atoms with van der Waals surface area (Å²) in [5.74, 6) is -0.0122. The van der Waals surface area contributed by atoms with Crippen molar-refractivity contribution in [3.8, 4) is 11.5 Å². The van der Waals surface area contributed by atoms with E-state index in [0.717, 1.165) is 11.1 Å². The van der Waals surface area contributed by atoms with Gasteiger partial charge in [0.2, 0.25) is 21.8 Å². The zero-order chi connectivity index (χ0) is 23.6. The Hall–Kier alpha value is -3.11. The number of aryl methyl sites for hydroxylation is 2. The highest BCUT2D eigenvalue weighted by Crippen LogP contribution is 2.34. The van der Waals surface area contributed by atoms with Gasteiger partial charge in [-0.25, -0.2) is 8.42 Å². The Morgan fingerprint density at radius 3 is 2.48 bits per heavy atom. The largest absolute Gasteiger partial charge is 0.486 e. The fourth-order valence-corrected chi connectivity index (χ4v) is 5.76. The Morgan fingerprint density at radius 2 is 1.76 bits per heavy atom. The van der Waals surface area contributed by atoms with E-state index in [1.807, 2.05) is 32.0 Å². The highest BCUT2D eigenvalue weighted by Gasteiger charge is 2.40. The zero-order valence-corrected chi connectivity index (χ0v) is 19.4. The van der Waals surface area contributed by atoms with E-state index in [-0.39, 0.29) is 23.9 Å². The molecule has 0 radical (unpaired) electrons. The van der Waals surface area contributed by atoms with Crippen molar-refractivity contribution in [2.75, 3.05) is 31.6 Å². The number of benzene rings is 2. The fourth-order valence-electron chi connectivity index (χ4n) is 4.09. The van der Waals surface area contributed by atoms with Crippen LogP contribution in [-0.2, 0) is 19.6 Å². The summed E-state index contributed by atoms with van der Waals surface area (Å²) in [6.45, 7) is 4.50. The van der Waals surface area contributed by atoms with Gasteiger partial charge in [-0.3, -0.25) is 9.59 Å². The van der Waals surface area contributed by atoms with Crippen LogP contribution >= 0.6 is 0 Å². The maximum absolute atomic E-state index is 13.3. The molecular formula is C23H27N3O6S. The summed E-state index contributed by atoms with van der Waals surface area (Å²) in [6, 6.07) is 9.24. The smallest absolute Gasteiger partial charge is 0.243 e. The molecule has 2 aromatic rings. The van der Waals surface area contributed by atoms with Gasteiger partial charge in [0, 0.05) is 18.3 Å². The summed E-state index contributed by atoms with van der Waals surface area (Å²) in [4.78, 5) is 25.2. The molecule has 2 heterocycles. The van der Waals surface area contributed by atoms with Crippen LogP contribution in [0, 0.1) is 13.8 Å². The Bertz CT molecular complexity index is 1160. The van der Waals surface area contributed by atoms with Gasteiger partial charge in [-0.15, -0.1) is 0 Å². The lowest BCUT2D eigenvalue weighted by molar-refractivity contribution is -0.126. The summed E-state index contributed by atoms with van der Waals surface area (Å²) in [7, 11) is -3.93. The molecule has 2 amide bonds. The van der Waals surface area contributed by atoms with Gasteiger partial charge in [-0.2, -0.15) is 4.31 Å². The van der Waals surface area contributed by atoms with Gasteiger partial charge in [-0.05, 0) is 49.9 Å². The third kappa shape index (κ3) is 4.81. The molecular weight excluding hydrogens is 446 g/mol. The third-order valence-corrected chi connectivity index (χ3v) is 7.70. The number of para-hydroxylation sites is 1. The summed E-state index contributed by atoms with van der Waals surface area (Å²) in [6.07, 6.45) is 0.935. The van der Waals surface area contributed by atoms with Crippen molar-refractivity contribution in [3.63, 3.8) is 0 Å². The predicted octanol–water partition coefficient (Wildman–Crippen LogP) is 1.98. The van der Waals surface area contributed by atoms with Crippen LogP contribution in [0.15, 0.2) is 41.3 Å². The molecule has 176 valence electrons. The molecule has 10 heteroatoms. The third-order valence-electron chi connectivity index (χ3n) is 5.80. The molecule has 2 N–H and O–H groups in total. The molecule has 0 aliphatic carbocycles. The van der Waals surface area contributed by atoms with Crippen LogP contribution in [0.4, 0.5) is 5.69 Å². The molecule has 0 bridgehead atoms. The van der Waals surface area contributed by atoms with Crippen molar-refractivity contribution in [2.45, 2.75) is 37.6 Å². The van der Waals surface area contributed by atoms with Gasteiger partial charge >= 0.3 is 0 Å². The van der Waals surface area contributed by atoms with Crippen LogP contribution in [0.3, 0.4) is 0 Å². The highest BCUT2D eigenvalue weighted by atomic mass is 32.2. The summed E-state index contributed by atoms with van der Waals surface area (Å²) < 4.78 is 38.7. The number of fused-ring (bicyclic) bond motifs is 1. The van der Waals surface area contributed by atoms with Crippen LogP contribution < -0.4 is 20.1 Å². The first-order valence-electron chi connectivity index (χ1n) is 10.8. The van der Waals surface area contributed by atoms with Gasteiger partial charge in [-0.1, -0.05) is 18.2 Å². The molecule has 1 unspecified atom stereocenters. The van der Waals surface area contributed by atoms with E-state index in [0.29, 0.717) is 43.2 Å². The molecule has 1 saturated heterocycles. The molecule has 4 rings (SSSR count). The van der Waals surface area contributed by atoms with E-state index in [9.17, 15) is 18.0 Å². The first kappa shape index (κ1) is 23.1. The number of nitrogens with zero attached hydrogens (tertiary/aromatic N) is 1. The van der Waals surface area contributed by atoms with E-state index < -0.39 is 22.0 Å². The van der Waals surface area contributed by atoms with Crippen molar-refractivity contribution in [3.05, 3.63) is 47.5 Å². The van der Waals surface area contributed by atoms with Gasteiger partial charge in [0.05, 0.1) is 11.4 Å².